The van der Waals surface area contributed by atoms with E-state index in [4.69, 9.17) is 10.8 Å². The summed E-state index contributed by atoms with van der Waals surface area (Å²) < 4.78 is 0.870. The van der Waals surface area contributed by atoms with E-state index in [2.05, 4.69) is 20.8 Å². The van der Waals surface area contributed by atoms with Gasteiger partial charge in [0, 0.05) is 42.9 Å². The molecule has 0 aromatic heterocycles. The average molecular weight is 328 g/mol. The number of rotatable bonds is 3. The fraction of sp³-hybridized carbons (Fsp3) is 0.462. The van der Waals surface area contributed by atoms with Gasteiger partial charge in [-0.1, -0.05) is 15.9 Å². The molecule has 1 fully saturated rings. The second-order valence-corrected chi connectivity index (χ2v) is 5.50. The monoisotopic (exact) mass is 327 g/mol. The van der Waals surface area contributed by atoms with Crippen molar-refractivity contribution in [1.29, 1.82) is 0 Å². The van der Waals surface area contributed by atoms with E-state index in [1.807, 2.05) is 11.0 Å². The molecule has 1 aliphatic rings. The van der Waals surface area contributed by atoms with Gasteiger partial charge in [-0.15, -0.1) is 0 Å². The number of benzene rings is 1. The number of piperazine rings is 1. The highest BCUT2D eigenvalue weighted by Gasteiger charge is 2.22. The third kappa shape index (κ3) is 3.46. The topological polar surface area (TPSA) is 69.8 Å². The summed E-state index contributed by atoms with van der Waals surface area (Å²) in [5, 5.41) is 8.89. The van der Waals surface area contributed by atoms with E-state index in [0.29, 0.717) is 30.9 Å². The Morgan fingerprint density at radius 3 is 2.58 bits per heavy atom. The van der Waals surface area contributed by atoms with Gasteiger partial charge in [0.2, 0.25) is 0 Å². The van der Waals surface area contributed by atoms with Crippen LogP contribution in [0.1, 0.15) is 10.4 Å². The lowest BCUT2D eigenvalue weighted by molar-refractivity contribution is 0.0616. The van der Waals surface area contributed by atoms with Gasteiger partial charge >= 0.3 is 0 Å². The molecule has 1 saturated heterocycles. The first kappa shape index (κ1) is 14.3. The Kier molecular flexibility index (Phi) is 4.79. The van der Waals surface area contributed by atoms with Crippen LogP contribution in [0.15, 0.2) is 22.7 Å². The van der Waals surface area contributed by atoms with Crippen LogP contribution in [0.4, 0.5) is 5.69 Å². The number of aliphatic hydroxyl groups excluding tert-OH is 1. The zero-order valence-electron chi connectivity index (χ0n) is 10.7. The largest absolute Gasteiger partial charge is 0.398 e. The van der Waals surface area contributed by atoms with Crippen molar-refractivity contribution < 1.29 is 9.90 Å². The number of aliphatic hydroxyl groups is 1. The number of hydrogen-bond donors (Lipinski definition) is 2. The number of carbonyl (C=O) groups excluding carboxylic acids is 1. The zero-order valence-corrected chi connectivity index (χ0v) is 12.3. The smallest absolute Gasteiger partial charge is 0.256 e. The maximum Gasteiger partial charge on any atom is 0.256 e. The third-order valence-corrected chi connectivity index (χ3v) is 3.81. The van der Waals surface area contributed by atoms with Crippen LogP contribution in [0.3, 0.4) is 0 Å². The molecule has 0 bridgehead atoms. The molecular weight excluding hydrogens is 310 g/mol. The number of hydrogen-bond acceptors (Lipinski definition) is 4. The first-order chi connectivity index (χ1) is 9.11. The number of carbonyl (C=O) groups is 1. The first-order valence-electron chi connectivity index (χ1n) is 6.29. The van der Waals surface area contributed by atoms with Crippen LogP contribution in [0.5, 0.6) is 0 Å². The molecular formula is C13H18BrN3O2. The van der Waals surface area contributed by atoms with Gasteiger partial charge in [0.15, 0.2) is 0 Å². The Hall–Kier alpha value is -1.11. The Labute approximate surface area is 121 Å². The summed E-state index contributed by atoms with van der Waals surface area (Å²) >= 11 is 3.33. The van der Waals surface area contributed by atoms with Crippen molar-refractivity contribution in [2.45, 2.75) is 0 Å². The lowest BCUT2D eigenvalue weighted by Crippen LogP contribution is -2.49. The lowest BCUT2D eigenvalue weighted by atomic mass is 10.1. The molecule has 3 N–H and O–H groups in total. The number of nitrogen functional groups attached to an aromatic ring is 1. The van der Waals surface area contributed by atoms with E-state index in [0.717, 1.165) is 17.6 Å². The third-order valence-electron chi connectivity index (χ3n) is 3.32. The number of anilines is 1. The molecule has 1 aromatic rings. The second kappa shape index (κ2) is 6.36. The molecule has 0 atom stereocenters. The highest BCUT2D eigenvalue weighted by molar-refractivity contribution is 9.10. The van der Waals surface area contributed by atoms with Crippen molar-refractivity contribution in [3.05, 3.63) is 28.2 Å². The second-order valence-electron chi connectivity index (χ2n) is 4.59. The van der Waals surface area contributed by atoms with Gasteiger partial charge in [0.1, 0.15) is 0 Å². The first-order valence-corrected chi connectivity index (χ1v) is 7.08. The molecule has 1 aromatic carbocycles. The van der Waals surface area contributed by atoms with E-state index < -0.39 is 0 Å². The maximum absolute atomic E-state index is 12.4. The Balaban J connectivity index is 2.01. The van der Waals surface area contributed by atoms with E-state index in [-0.39, 0.29) is 12.5 Å². The van der Waals surface area contributed by atoms with Crippen molar-refractivity contribution in [1.82, 2.24) is 9.80 Å². The molecule has 0 radical (unpaired) electrons. The maximum atomic E-state index is 12.4. The summed E-state index contributed by atoms with van der Waals surface area (Å²) in [6, 6.07) is 5.32. The molecule has 1 aliphatic heterocycles. The van der Waals surface area contributed by atoms with Crippen molar-refractivity contribution in [3.63, 3.8) is 0 Å². The van der Waals surface area contributed by atoms with Crippen LogP contribution in [-0.2, 0) is 0 Å². The highest BCUT2D eigenvalue weighted by Crippen LogP contribution is 2.20. The molecule has 2 rings (SSSR count). The molecule has 19 heavy (non-hydrogen) atoms. The number of β-amino-alcohol motifs (C(OH)–C–C–N with tert-alkyl or cyclic N) is 1. The predicted molar refractivity (Wildman–Crippen MR) is 78.0 cm³/mol. The Bertz CT molecular complexity index is 459. The normalized spacial score (nSPS) is 16.6. The minimum Gasteiger partial charge on any atom is -0.398 e. The zero-order chi connectivity index (χ0) is 13.8. The number of nitrogens with two attached hydrogens (primary N) is 1. The molecule has 1 amide bonds. The summed E-state index contributed by atoms with van der Waals surface area (Å²) in [6.07, 6.45) is 0. The molecule has 104 valence electrons. The standard InChI is InChI=1S/C13H18BrN3O2/c14-10-1-2-11(12(15)9-10)13(19)17-5-3-16(4-6-17)7-8-18/h1-2,9,18H,3-8,15H2. The van der Waals surface area contributed by atoms with Gasteiger partial charge < -0.3 is 15.7 Å². The Morgan fingerprint density at radius 1 is 1.32 bits per heavy atom. The summed E-state index contributed by atoms with van der Waals surface area (Å²) in [5.74, 6) is -0.0198. The predicted octanol–water partition coefficient (Wildman–Crippen LogP) is 0.781. The van der Waals surface area contributed by atoms with Gasteiger partial charge in [-0.3, -0.25) is 9.69 Å². The van der Waals surface area contributed by atoms with Crippen LogP contribution in [0, 0.1) is 0 Å². The SMILES string of the molecule is Nc1cc(Br)ccc1C(=O)N1CCN(CCO)CC1. The van der Waals surface area contributed by atoms with Crippen molar-refractivity contribution in [2.24, 2.45) is 0 Å². The average Bonchev–Trinajstić information content (AvgIpc) is 2.39. The van der Waals surface area contributed by atoms with Gasteiger partial charge in [-0.2, -0.15) is 0 Å². The van der Waals surface area contributed by atoms with Crippen molar-refractivity contribution >= 4 is 27.5 Å². The molecule has 0 aliphatic carbocycles. The van der Waals surface area contributed by atoms with E-state index in [1.54, 1.807) is 12.1 Å². The molecule has 0 spiro atoms. The van der Waals surface area contributed by atoms with Gasteiger partial charge in [0.05, 0.1) is 12.2 Å². The minimum absolute atomic E-state index is 0.0198. The quantitative estimate of drug-likeness (QED) is 0.805. The van der Waals surface area contributed by atoms with Gasteiger partial charge in [0.25, 0.3) is 5.91 Å². The summed E-state index contributed by atoms with van der Waals surface area (Å²) in [6.45, 7) is 3.77. The molecule has 6 heteroatoms. The fourth-order valence-corrected chi connectivity index (χ4v) is 2.59. The number of amides is 1. The number of halogens is 1. The summed E-state index contributed by atoms with van der Waals surface area (Å²) in [7, 11) is 0. The van der Waals surface area contributed by atoms with E-state index in [1.165, 1.54) is 0 Å². The minimum atomic E-state index is -0.0198. The van der Waals surface area contributed by atoms with Crippen LogP contribution < -0.4 is 5.73 Å². The Morgan fingerprint density at radius 2 is 2.00 bits per heavy atom. The van der Waals surface area contributed by atoms with Crippen LogP contribution >= 0.6 is 15.9 Å². The summed E-state index contributed by atoms with van der Waals surface area (Å²) in [4.78, 5) is 16.3. The highest BCUT2D eigenvalue weighted by atomic mass is 79.9. The lowest BCUT2D eigenvalue weighted by Gasteiger charge is -2.34. The van der Waals surface area contributed by atoms with Crippen LogP contribution in [0.25, 0.3) is 0 Å². The molecule has 0 unspecified atom stereocenters. The molecule has 5 nitrogen and oxygen atoms in total. The van der Waals surface area contributed by atoms with E-state index >= 15 is 0 Å². The number of nitrogens with zero attached hydrogens (tertiary/aromatic N) is 2. The van der Waals surface area contributed by atoms with Crippen molar-refractivity contribution in [3.8, 4) is 0 Å². The van der Waals surface area contributed by atoms with E-state index in [9.17, 15) is 4.79 Å². The van der Waals surface area contributed by atoms with Crippen molar-refractivity contribution in [2.75, 3.05) is 45.1 Å². The fourth-order valence-electron chi connectivity index (χ4n) is 2.21. The van der Waals surface area contributed by atoms with Crippen LogP contribution in [-0.4, -0.2) is 60.1 Å². The summed E-state index contributed by atoms with van der Waals surface area (Å²) in [5.41, 5.74) is 6.93. The van der Waals surface area contributed by atoms with Gasteiger partial charge in [-0.25, -0.2) is 0 Å². The van der Waals surface area contributed by atoms with Crippen LogP contribution in [0.2, 0.25) is 0 Å². The molecule has 1 heterocycles. The van der Waals surface area contributed by atoms with Gasteiger partial charge in [-0.05, 0) is 18.2 Å². The molecule has 0 saturated carbocycles.